The van der Waals surface area contributed by atoms with Crippen LogP contribution in [0.3, 0.4) is 0 Å². The van der Waals surface area contributed by atoms with Crippen LogP contribution in [-0.2, 0) is 26.2 Å². The molecule has 0 saturated heterocycles. The van der Waals surface area contributed by atoms with Crippen LogP contribution in [0.2, 0.25) is 15.1 Å². The Morgan fingerprint density at radius 3 is 2.17 bits per heavy atom. The monoisotopic (exact) mass is 623 g/mol. The molecule has 7 nitrogen and oxygen atoms in total. The molecule has 2 amide bonds. The number of sulfonamides is 1. The lowest BCUT2D eigenvalue weighted by molar-refractivity contribution is -0.140. The third-order valence-corrected chi connectivity index (χ3v) is 8.85. The second kappa shape index (κ2) is 14.2. The third kappa shape index (κ3) is 7.91. The van der Waals surface area contributed by atoms with Gasteiger partial charge in [-0.1, -0.05) is 92.0 Å². The maximum Gasteiger partial charge on any atom is 0.264 e. The molecule has 1 atom stereocenters. The predicted octanol–water partition coefficient (Wildman–Crippen LogP) is 6.42. The van der Waals surface area contributed by atoms with Crippen molar-refractivity contribution in [3.05, 3.63) is 93.4 Å². The number of nitrogens with one attached hydrogen (secondary N) is 1. The molecular weight excluding hydrogens is 593 g/mol. The van der Waals surface area contributed by atoms with Crippen molar-refractivity contribution < 1.29 is 18.0 Å². The van der Waals surface area contributed by atoms with Crippen LogP contribution in [0.4, 0.5) is 5.69 Å². The van der Waals surface area contributed by atoms with Gasteiger partial charge in [0.05, 0.1) is 15.6 Å². The van der Waals surface area contributed by atoms with Crippen molar-refractivity contribution in [1.82, 2.24) is 10.2 Å². The first-order valence-electron chi connectivity index (χ1n) is 12.8. The minimum atomic E-state index is -4.26. The fraction of sp³-hybridized carbons (Fsp3) is 0.310. The first-order chi connectivity index (χ1) is 18.9. The molecule has 1 unspecified atom stereocenters. The lowest BCUT2D eigenvalue weighted by Crippen LogP contribution is -2.52. The van der Waals surface area contributed by atoms with E-state index in [1.165, 1.54) is 35.2 Å². The van der Waals surface area contributed by atoms with E-state index >= 15 is 0 Å². The molecule has 0 radical (unpaired) electrons. The molecule has 0 aliphatic heterocycles. The normalized spacial score (nSPS) is 12.2. The van der Waals surface area contributed by atoms with Gasteiger partial charge in [-0.3, -0.25) is 13.9 Å². The van der Waals surface area contributed by atoms with Crippen molar-refractivity contribution in [1.29, 1.82) is 0 Å². The molecule has 1 N–H and O–H groups in total. The largest absolute Gasteiger partial charge is 0.354 e. The second-order valence-electron chi connectivity index (χ2n) is 9.60. The number of halogens is 3. The van der Waals surface area contributed by atoms with Gasteiger partial charge in [-0.05, 0) is 54.3 Å². The molecule has 214 valence electrons. The van der Waals surface area contributed by atoms with Crippen molar-refractivity contribution in [2.24, 2.45) is 5.92 Å². The third-order valence-electron chi connectivity index (χ3n) is 6.16. The number of carbonyl (C=O) groups excluding carboxylic acids is 2. The molecule has 0 saturated carbocycles. The van der Waals surface area contributed by atoms with Gasteiger partial charge in [0.2, 0.25) is 11.8 Å². The molecule has 0 aromatic heterocycles. The smallest absolute Gasteiger partial charge is 0.264 e. The number of hydrogen-bond acceptors (Lipinski definition) is 4. The van der Waals surface area contributed by atoms with Crippen molar-refractivity contribution in [3.8, 4) is 0 Å². The van der Waals surface area contributed by atoms with Crippen molar-refractivity contribution >= 4 is 62.3 Å². The van der Waals surface area contributed by atoms with Gasteiger partial charge in [0.25, 0.3) is 10.0 Å². The highest BCUT2D eigenvalue weighted by Gasteiger charge is 2.34. The van der Waals surface area contributed by atoms with Crippen LogP contribution < -0.4 is 9.62 Å². The molecule has 3 aromatic rings. The maximum atomic E-state index is 14.1. The van der Waals surface area contributed by atoms with Gasteiger partial charge < -0.3 is 10.2 Å². The minimum Gasteiger partial charge on any atom is -0.354 e. The van der Waals surface area contributed by atoms with Crippen LogP contribution in [0.1, 0.15) is 32.8 Å². The fourth-order valence-corrected chi connectivity index (χ4v) is 6.14. The summed E-state index contributed by atoms with van der Waals surface area (Å²) in [6, 6.07) is 18.2. The SMILES string of the molecule is CCC(C(=O)NCC(C)C)N(Cc1ccccc1Cl)C(=O)CN(c1cc(Cl)ccc1Cl)S(=O)(=O)c1ccccc1. The van der Waals surface area contributed by atoms with Crippen LogP contribution in [-0.4, -0.2) is 44.3 Å². The number of nitrogens with zero attached hydrogens (tertiary/aromatic N) is 2. The molecule has 0 aliphatic carbocycles. The van der Waals surface area contributed by atoms with Crippen molar-refractivity contribution in [2.45, 2.75) is 44.7 Å². The average Bonchev–Trinajstić information content (AvgIpc) is 2.93. The van der Waals surface area contributed by atoms with E-state index in [0.29, 0.717) is 23.6 Å². The van der Waals surface area contributed by atoms with Crippen LogP contribution in [0.5, 0.6) is 0 Å². The Hall–Kier alpha value is -2.78. The van der Waals surface area contributed by atoms with E-state index in [4.69, 9.17) is 34.8 Å². The predicted molar refractivity (Wildman–Crippen MR) is 161 cm³/mol. The standard InChI is InChI=1S/C29H32Cl3N3O4S/c1-4-26(29(37)33-17-20(2)3)34(18-21-10-8-9-13-24(21)31)28(36)19-35(27-16-22(30)14-15-25(27)32)40(38,39)23-11-6-5-7-12-23/h5-16,20,26H,4,17-19H2,1-3H3,(H,33,37). The van der Waals surface area contributed by atoms with Crippen LogP contribution in [0, 0.1) is 5.92 Å². The molecule has 3 rings (SSSR count). The number of carbonyl (C=O) groups is 2. The summed E-state index contributed by atoms with van der Waals surface area (Å²) in [6.07, 6.45) is 0.295. The first kappa shape index (κ1) is 31.7. The number of hydrogen-bond donors (Lipinski definition) is 1. The van der Waals surface area contributed by atoms with Crippen molar-refractivity contribution in [2.75, 3.05) is 17.4 Å². The molecule has 0 bridgehead atoms. The highest BCUT2D eigenvalue weighted by molar-refractivity contribution is 7.92. The zero-order chi connectivity index (χ0) is 29.4. The van der Waals surface area contributed by atoms with E-state index in [2.05, 4.69) is 5.32 Å². The van der Waals surface area contributed by atoms with E-state index in [1.54, 1.807) is 49.4 Å². The van der Waals surface area contributed by atoms with E-state index in [-0.39, 0.29) is 39.0 Å². The molecule has 3 aromatic carbocycles. The van der Waals surface area contributed by atoms with Crippen LogP contribution >= 0.6 is 34.8 Å². The Morgan fingerprint density at radius 2 is 1.55 bits per heavy atom. The van der Waals surface area contributed by atoms with E-state index in [0.717, 1.165) is 4.31 Å². The Bertz CT molecular complexity index is 1440. The average molecular weight is 625 g/mol. The van der Waals surface area contributed by atoms with Crippen LogP contribution in [0.15, 0.2) is 77.7 Å². The summed E-state index contributed by atoms with van der Waals surface area (Å²) in [5, 5.41) is 3.65. The Labute approximate surface area is 251 Å². The zero-order valence-corrected chi connectivity index (χ0v) is 25.6. The highest BCUT2D eigenvalue weighted by Crippen LogP contribution is 2.33. The van der Waals surface area contributed by atoms with E-state index in [1.807, 2.05) is 13.8 Å². The lowest BCUT2D eigenvalue weighted by Gasteiger charge is -2.33. The summed E-state index contributed by atoms with van der Waals surface area (Å²) in [6.45, 7) is 5.52. The summed E-state index contributed by atoms with van der Waals surface area (Å²) < 4.78 is 28.7. The Kier molecular flexibility index (Phi) is 11.3. The van der Waals surface area contributed by atoms with E-state index < -0.39 is 28.5 Å². The lowest BCUT2D eigenvalue weighted by atomic mass is 10.1. The van der Waals surface area contributed by atoms with Gasteiger partial charge in [-0.2, -0.15) is 0 Å². The van der Waals surface area contributed by atoms with Crippen molar-refractivity contribution in [3.63, 3.8) is 0 Å². The number of anilines is 1. The summed E-state index contributed by atoms with van der Waals surface area (Å²) >= 11 is 19.1. The van der Waals surface area contributed by atoms with Gasteiger partial charge in [0, 0.05) is 23.1 Å². The maximum absolute atomic E-state index is 14.1. The highest BCUT2D eigenvalue weighted by atomic mass is 35.5. The quantitative estimate of drug-likeness (QED) is 0.252. The number of amides is 2. The van der Waals surface area contributed by atoms with E-state index in [9.17, 15) is 18.0 Å². The molecule has 11 heteroatoms. The number of rotatable bonds is 12. The molecular formula is C29H32Cl3N3O4S. The zero-order valence-electron chi connectivity index (χ0n) is 22.5. The fourth-order valence-electron chi connectivity index (χ4n) is 4.06. The second-order valence-corrected chi connectivity index (χ2v) is 12.7. The van der Waals surface area contributed by atoms with Gasteiger partial charge in [-0.15, -0.1) is 0 Å². The van der Waals surface area contributed by atoms with Gasteiger partial charge in [0.1, 0.15) is 12.6 Å². The topological polar surface area (TPSA) is 86.8 Å². The van der Waals surface area contributed by atoms with Gasteiger partial charge in [-0.25, -0.2) is 8.42 Å². The van der Waals surface area contributed by atoms with Crippen LogP contribution in [0.25, 0.3) is 0 Å². The summed E-state index contributed by atoms with van der Waals surface area (Å²) in [7, 11) is -4.26. The molecule has 0 heterocycles. The summed E-state index contributed by atoms with van der Waals surface area (Å²) in [5.74, 6) is -0.748. The summed E-state index contributed by atoms with van der Waals surface area (Å²) in [5.41, 5.74) is 0.659. The molecule has 0 fully saturated rings. The molecule has 40 heavy (non-hydrogen) atoms. The molecule has 0 aliphatic rings. The number of benzene rings is 3. The Morgan fingerprint density at radius 1 is 0.900 bits per heavy atom. The molecule has 0 spiro atoms. The summed E-state index contributed by atoms with van der Waals surface area (Å²) in [4.78, 5) is 28.7. The first-order valence-corrected chi connectivity index (χ1v) is 15.4. The minimum absolute atomic E-state index is 0.00534. The Balaban J connectivity index is 2.09. The van der Waals surface area contributed by atoms with Gasteiger partial charge in [0.15, 0.2) is 0 Å². The van der Waals surface area contributed by atoms with Gasteiger partial charge >= 0.3 is 0 Å².